The van der Waals surface area contributed by atoms with Crippen LogP contribution in [0.25, 0.3) is 98.5 Å². The Morgan fingerprint density at radius 3 is 1.14 bits per heavy atom. The Morgan fingerprint density at radius 1 is 0.381 bits per heavy atom. The van der Waals surface area contributed by atoms with E-state index < -0.39 is 0 Å². The summed E-state index contributed by atoms with van der Waals surface area (Å²) in [5.41, 5.74) is 2.50. The fourth-order valence-corrected chi connectivity index (χ4v) is 7.23. The summed E-state index contributed by atoms with van der Waals surface area (Å²) < 4.78 is 3.12. The number of benzene rings is 5. The van der Waals surface area contributed by atoms with Gasteiger partial charge in [0.1, 0.15) is 0 Å². The van der Waals surface area contributed by atoms with Crippen LogP contribution < -0.4 is 11.1 Å². The highest BCUT2D eigenvalue weighted by Crippen LogP contribution is 2.45. The minimum Gasteiger partial charge on any atom is -0.268 e. The molecule has 0 aliphatic carbocycles. The molecule has 42 heavy (non-hydrogen) atoms. The van der Waals surface area contributed by atoms with Crippen molar-refractivity contribution in [3.63, 3.8) is 0 Å². The van der Waals surface area contributed by atoms with E-state index in [4.69, 9.17) is 9.97 Å². The highest BCUT2D eigenvalue weighted by atomic mass is 16.1. The monoisotopic (exact) mass is 540 g/mol. The van der Waals surface area contributed by atoms with Crippen molar-refractivity contribution >= 4 is 98.5 Å². The van der Waals surface area contributed by atoms with E-state index in [1.807, 2.05) is 36.4 Å². The summed E-state index contributed by atoms with van der Waals surface area (Å²) in [6.45, 7) is 0. The number of fused-ring (bicyclic) bond motifs is 10. The minimum atomic E-state index is -0.174. The fraction of sp³-hybridized carbons (Fsp3) is 0. The Morgan fingerprint density at radius 2 is 0.714 bits per heavy atom. The average Bonchev–Trinajstić information content (AvgIpc) is 3.61. The highest BCUT2D eigenvalue weighted by molar-refractivity contribution is 6.40. The zero-order chi connectivity index (χ0) is 27.4. The van der Waals surface area contributed by atoms with Gasteiger partial charge in [-0.2, -0.15) is 0 Å². The van der Waals surface area contributed by atoms with Crippen LogP contribution in [0.15, 0.2) is 82.9 Å². The lowest BCUT2D eigenvalue weighted by atomic mass is 9.86. The van der Waals surface area contributed by atoms with Gasteiger partial charge in [-0.1, -0.05) is 24.3 Å². The zero-order valence-electron chi connectivity index (χ0n) is 21.3. The third-order valence-electron chi connectivity index (χ3n) is 8.84. The lowest BCUT2D eigenvalue weighted by Crippen LogP contribution is -2.14. The minimum absolute atomic E-state index is 0.174. The lowest BCUT2D eigenvalue weighted by molar-refractivity contribution is 1.14. The van der Waals surface area contributed by atoms with E-state index in [9.17, 15) is 9.59 Å². The van der Waals surface area contributed by atoms with E-state index in [1.165, 1.54) is 0 Å². The largest absolute Gasteiger partial charge is 0.268 e. The first-order valence-electron chi connectivity index (χ1n) is 13.4. The quantitative estimate of drug-likeness (QED) is 0.198. The third kappa shape index (κ3) is 2.10. The summed E-state index contributed by atoms with van der Waals surface area (Å²) in [5.74, 6) is 0. The van der Waals surface area contributed by atoms with Crippen LogP contribution in [-0.2, 0) is 0 Å². The van der Waals surface area contributed by atoms with Gasteiger partial charge in [-0.15, -0.1) is 0 Å². The van der Waals surface area contributed by atoms with Crippen LogP contribution in [0, 0.1) is 0 Å². The van der Waals surface area contributed by atoms with E-state index in [0.717, 1.165) is 53.9 Å². The molecule has 0 saturated heterocycles. The molecule has 0 bridgehead atoms. The topological polar surface area (TPSA) is 120 Å². The zero-order valence-corrected chi connectivity index (χ0v) is 21.3. The first-order chi connectivity index (χ1) is 20.7. The Balaban J connectivity index is 1.41. The summed E-state index contributed by atoms with van der Waals surface area (Å²) in [6, 6.07) is 16.0. The maximum Gasteiger partial charge on any atom is 0.266 e. The van der Waals surface area contributed by atoms with Crippen molar-refractivity contribution in [1.82, 2.24) is 38.7 Å². The second kappa shape index (κ2) is 6.58. The number of rotatable bonds is 0. The number of imidazole rings is 2. The summed E-state index contributed by atoms with van der Waals surface area (Å²) in [5, 5.41) is 10.7. The van der Waals surface area contributed by atoms with Gasteiger partial charge in [-0.25, -0.2) is 38.7 Å². The van der Waals surface area contributed by atoms with Gasteiger partial charge in [0.2, 0.25) is 0 Å². The molecule has 11 aromatic rings. The molecule has 0 spiro atoms. The van der Waals surface area contributed by atoms with Crippen LogP contribution in [0.4, 0.5) is 0 Å². The van der Waals surface area contributed by atoms with Crippen LogP contribution >= 0.6 is 0 Å². The second-order valence-corrected chi connectivity index (χ2v) is 10.7. The van der Waals surface area contributed by atoms with Crippen molar-refractivity contribution in [2.45, 2.75) is 0 Å². The van der Waals surface area contributed by atoms with Crippen LogP contribution in [-0.4, -0.2) is 38.7 Å². The summed E-state index contributed by atoms with van der Waals surface area (Å²) >= 11 is 0. The Hall–Kier alpha value is -6.16. The smallest absolute Gasteiger partial charge is 0.266 e. The van der Waals surface area contributed by atoms with Gasteiger partial charge in [0.15, 0.2) is 33.9 Å². The van der Waals surface area contributed by atoms with E-state index in [-0.39, 0.29) is 11.1 Å². The molecule has 0 radical (unpaired) electrons. The van der Waals surface area contributed by atoms with Gasteiger partial charge >= 0.3 is 0 Å². The number of hydrogen-bond donors (Lipinski definition) is 0. The van der Waals surface area contributed by atoms with Crippen molar-refractivity contribution in [3.8, 4) is 0 Å². The first-order valence-corrected chi connectivity index (χ1v) is 13.4. The fourth-order valence-electron chi connectivity index (χ4n) is 7.23. The maximum absolute atomic E-state index is 13.9. The van der Waals surface area contributed by atoms with Crippen LogP contribution in [0.5, 0.6) is 0 Å². The van der Waals surface area contributed by atoms with Gasteiger partial charge in [-0.05, 0) is 56.6 Å². The molecule has 0 unspecified atom stereocenters. The summed E-state index contributed by atoms with van der Waals surface area (Å²) in [4.78, 5) is 54.7. The molecular formula is C32H12N8O2. The molecule has 0 aliphatic heterocycles. The highest BCUT2D eigenvalue weighted by Gasteiger charge is 2.24. The van der Waals surface area contributed by atoms with Gasteiger partial charge in [0, 0.05) is 57.1 Å². The molecule has 0 N–H and O–H groups in total. The number of nitrogens with zero attached hydrogens (tertiary/aromatic N) is 8. The Bertz CT molecular complexity index is 2900. The molecule has 0 saturated carbocycles. The van der Waals surface area contributed by atoms with Gasteiger partial charge in [0.05, 0.1) is 0 Å². The van der Waals surface area contributed by atoms with Gasteiger partial charge in [0.25, 0.3) is 11.1 Å². The maximum atomic E-state index is 13.9. The summed E-state index contributed by atoms with van der Waals surface area (Å²) in [7, 11) is 0. The normalized spacial score (nSPS) is 13.0. The number of hydrogen-bond acceptors (Lipinski definition) is 8. The molecule has 11 rings (SSSR count). The van der Waals surface area contributed by atoms with Crippen molar-refractivity contribution in [3.05, 3.63) is 94.0 Å². The van der Waals surface area contributed by atoms with Crippen molar-refractivity contribution < 1.29 is 0 Å². The molecule has 0 amide bonds. The van der Waals surface area contributed by atoms with E-state index in [0.29, 0.717) is 44.7 Å². The third-order valence-corrected chi connectivity index (χ3v) is 8.84. The van der Waals surface area contributed by atoms with Crippen LogP contribution in [0.1, 0.15) is 0 Å². The molecule has 6 aromatic heterocycles. The van der Waals surface area contributed by atoms with Gasteiger partial charge < -0.3 is 0 Å². The SMILES string of the molecule is O=c1c2ccc3c4ccc5c6c(ccc(c7ccc(c2c37)c2nc3nccnc3n12)c46)c(=O)n1c2nccnc2nc51. The molecule has 10 heteroatoms. The van der Waals surface area contributed by atoms with Crippen LogP contribution in [0.2, 0.25) is 0 Å². The van der Waals surface area contributed by atoms with Crippen LogP contribution in [0.3, 0.4) is 0 Å². The molecule has 10 nitrogen and oxygen atoms in total. The molecule has 0 aliphatic rings. The molecule has 6 heterocycles. The molecule has 5 aromatic carbocycles. The standard InChI is InChI=1S/C32H12N8O2/c41-31-19-8-4-16-14-2-6-18-24-20(32(42)40-28(18)38-26-30(40)36-12-10-34-26)7-3-15(22(14)24)13-1-5-17(23(19)21(13)16)27-37-25-29(39(27)31)35-11-9-33-25/h1-12H. The lowest BCUT2D eigenvalue weighted by Gasteiger charge is -2.18. The predicted molar refractivity (Wildman–Crippen MR) is 161 cm³/mol. The summed E-state index contributed by atoms with van der Waals surface area (Å²) in [6.07, 6.45) is 6.30. The van der Waals surface area contributed by atoms with Crippen molar-refractivity contribution in [2.75, 3.05) is 0 Å². The van der Waals surface area contributed by atoms with E-state index in [2.05, 4.69) is 32.1 Å². The molecule has 0 fully saturated rings. The van der Waals surface area contributed by atoms with E-state index in [1.54, 1.807) is 33.6 Å². The Labute approximate surface area is 231 Å². The van der Waals surface area contributed by atoms with Crippen molar-refractivity contribution in [2.24, 2.45) is 0 Å². The average molecular weight is 541 g/mol. The second-order valence-electron chi connectivity index (χ2n) is 10.7. The predicted octanol–water partition coefficient (Wildman–Crippen LogP) is 4.82. The first kappa shape index (κ1) is 20.7. The van der Waals surface area contributed by atoms with Crippen molar-refractivity contribution in [1.29, 1.82) is 0 Å². The van der Waals surface area contributed by atoms with Gasteiger partial charge in [-0.3, -0.25) is 9.59 Å². The molecular weight excluding hydrogens is 528 g/mol. The Kier molecular flexibility index (Phi) is 3.25. The number of aromatic nitrogens is 8. The molecule has 192 valence electrons. The number of pyridine rings is 2. The van der Waals surface area contributed by atoms with E-state index >= 15 is 0 Å². The molecule has 0 atom stereocenters.